The van der Waals surface area contributed by atoms with Crippen LogP contribution in [0.25, 0.3) is 10.2 Å². The maximum atomic E-state index is 12.8. The molecule has 0 saturated heterocycles. The largest absolute Gasteiger partial charge is 0.462 e. The van der Waals surface area contributed by atoms with Gasteiger partial charge < -0.3 is 14.8 Å². The summed E-state index contributed by atoms with van der Waals surface area (Å²) >= 11 is 1.28. The Labute approximate surface area is 201 Å². The van der Waals surface area contributed by atoms with Crippen LogP contribution >= 0.6 is 11.3 Å². The van der Waals surface area contributed by atoms with E-state index >= 15 is 0 Å². The third-order valence-electron chi connectivity index (χ3n) is 5.18. The maximum Gasteiger partial charge on any atom is 0.348 e. The summed E-state index contributed by atoms with van der Waals surface area (Å²) in [5, 5.41) is 4.00. The van der Waals surface area contributed by atoms with Gasteiger partial charge in [0.25, 0.3) is 0 Å². The number of benzene rings is 2. The molecule has 0 spiro atoms. The van der Waals surface area contributed by atoms with Crippen molar-refractivity contribution in [2.75, 3.05) is 18.5 Å². The first-order chi connectivity index (χ1) is 16.6. The number of rotatable bonds is 9. The molecular weight excluding hydrogens is 450 g/mol. The second-order valence-electron chi connectivity index (χ2n) is 7.67. The molecular formula is C26H25N3O4S. The van der Waals surface area contributed by atoms with Gasteiger partial charge in [0.2, 0.25) is 0 Å². The first kappa shape index (κ1) is 23.4. The molecule has 0 aliphatic heterocycles. The lowest BCUT2D eigenvalue weighted by Crippen LogP contribution is -2.08. The van der Waals surface area contributed by atoms with Crippen LogP contribution in [0, 0.1) is 6.92 Å². The monoisotopic (exact) mass is 475 g/mol. The molecule has 2 heterocycles. The number of esters is 2. The van der Waals surface area contributed by atoms with E-state index in [0.29, 0.717) is 46.4 Å². The first-order valence-electron chi connectivity index (χ1n) is 11.1. The summed E-state index contributed by atoms with van der Waals surface area (Å²) in [6, 6.07) is 16.9. The summed E-state index contributed by atoms with van der Waals surface area (Å²) in [4.78, 5) is 34.9. The third kappa shape index (κ3) is 5.40. The van der Waals surface area contributed by atoms with Crippen LogP contribution in [0.4, 0.5) is 11.5 Å². The fraction of sp³-hybridized carbons (Fsp3) is 0.231. The van der Waals surface area contributed by atoms with Gasteiger partial charge in [-0.2, -0.15) is 0 Å². The number of anilines is 2. The number of fused-ring (bicyclic) bond motifs is 1. The molecule has 0 fully saturated rings. The second kappa shape index (κ2) is 10.9. The van der Waals surface area contributed by atoms with Crippen molar-refractivity contribution in [2.24, 2.45) is 0 Å². The van der Waals surface area contributed by atoms with Crippen LogP contribution in [0.15, 0.2) is 60.9 Å². The average molecular weight is 476 g/mol. The Morgan fingerprint density at radius 3 is 2.56 bits per heavy atom. The summed E-state index contributed by atoms with van der Waals surface area (Å²) in [5.41, 5.74) is 3.00. The molecule has 0 unspecified atom stereocenters. The van der Waals surface area contributed by atoms with E-state index in [1.807, 2.05) is 50.2 Å². The molecule has 2 aromatic carbocycles. The molecule has 0 bridgehead atoms. The lowest BCUT2D eigenvalue weighted by molar-refractivity contribution is 0.0499. The molecule has 0 amide bonds. The molecule has 0 saturated carbocycles. The number of carbonyl (C=O) groups is 2. The van der Waals surface area contributed by atoms with Crippen LogP contribution in [-0.4, -0.2) is 35.1 Å². The molecule has 2 aromatic heterocycles. The predicted octanol–water partition coefficient (Wildman–Crippen LogP) is 5.71. The highest BCUT2D eigenvalue weighted by Gasteiger charge is 2.21. The van der Waals surface area contributed by atoms with E-state index in [4.69, 9.17) is 9.47 Å². The number of hydrogen-bond acceptors (Lipinski definition) is 8. The predicted molar refractivity (Wildman–Crippen MR) is 133 cm³/mol. The van der Waals surface area contributed by atoms with Crippen LogP contribution in [-0.2, 0) is 15.9 Å². The standard InChI is InChI=1S/C26H25N3O4S/c1-3-13-32-25(30)19-10-7-11-20(15-19)29-23-21-17(2)22(34-24(21)28-16-27-23)26(31)33-14-12-18-8-5-4-6-9-18/h4-11,15-16H,3,12-14H2,1-2H3,(H,27,28,29). The van der Waals surface area contributed by atoms with E-state index in [2.05, 4.69) is 15.3 Å². The van der Waals surface area contributed by atoms with Gasteiger partial charge in [0.15, 0.2) is 0 Å². The normalized spacial score (nSPS) is 10.8. The van der Waals surface area contributed by atoms with E-state index in [9.17, 15) is 9.59 Å². The minimum Gasteiger partial charge on any atom is -0.462 e. The number of ether oxygens (including phenoxy) is 2. The summed E-state index contributed by atoms with van der Waals surface area (Å²) in [6.45, 7) is 4.48. The lowest BCUT2D eigenvalue weighted by Gasteiger charge is -2.09. The van der Waals surface area contributed by atoms with Crippen molar-refractivity contribution in [3.8, 4) is 0 Å². The van der Waals surface area contributed by atoms with E-state index in [-0.39, 0.29) is 11.9 Å². The first-order valence-corrected chi connectivity index (χ1v) is 11.9. The van der Waals surface area contributed by atoms with Crippen LogP contribution in [0.2, 0.25) is 0 Å². The molecule has 0 aliphatic carbocycles. The molecule has 1 N–H and O–H groups in total. The van der Waals surface area contributed by atoms with Crippen LogP contribution in [0.3, 0.4) is 0 Å². The fourth-order valence-corrected chi connectivity index (χ4v) is 4.51. The highest BCUT2D eigenvalue weighted by molar-refractivity contribution is 7.20. The van der Waals surface area contributed by atoms with Gasteiger partial charge in [-0.3, -0.25) is 0 Å². The Kier molecular flexibility index (Phi) is 7.49. The van der Waals surface area contributed by atoms with Gasteiger partial charge in [0, 0.05) is 12.1 Å². The minimum atomic E-state index is -0.372. The summed E-state index contributed by atoms with van der Waals surface area (Å²) in [6.07, 6.45) is 2.86. The fourth-order valence-electron chi connectivity index (χ4n) is 3.47. The topological polar surface area (TPSA) is 90.4 Å². The van der Waals surface area contributed by atoms with Gasteiger partial charge in [0.1, 0.15) is 21.9 Å². The van der Waals surface area contributed by atoms with Gasteiger partial charge in [-0.05, 0) is 42.7 Å². The van der Waals surface area contributed by atoms with Crippen molar-refractivity contribution in [1.82, 2.24) is 9.97 Å². The number of nitrogens with one attached hydrogen (secondary N) is 1. The quantitative estimate of drug-likeness (QED) is 0.310. The number of nitrogens with zero attached hydrogens (tertiary/aromatic N) is 2. The Bertz CT molecular complexity index is 1300. The number of aromatic nitrogens is 2. The van der Waals surface area contributed by atoms with Crippen LogP contribution in [0.1, 0.15) is 44.5 Å². The number of aryl methyl sites for hydroxylation is 1. The van der Waals surface area contributed by atoms with E-state index in [0.717, 1.165) is 22.9 Å². The van der Waals surface area contributed by atoms with Gasteiger partial charge >= 0.3 is 11.9 Å². The van der Waals surface area contributed by atoms with Crippen molar-refractivity contribution in [3.05, 3.63) is 82.5 Å². The highest BCUT2D eigenvalue weighted by Crippen LogP contribution is 2.35. The van der Waals surface area contributed by atoms with Crippen molar-refractivity contribution >= 4 is 45.0 Å². The van der Waals surface area contributed by atoms with Gasteiger partial charge in [-0.1, -0.05) is 43.3 Å². The number of thiophene rings is 1. The summed E-state index contributed by atoms with van der Waals surface area (Å²) in [7, 11) is 0. The van der Waals surface area contributed by atoms with Crippen molar-refractivity contribution < 1.29 is 19.1 Å². The third-order valence-corrected chi connectivity index (χ3v) is 6.36. The van der Waals surface area contributed by atoms with E-state index in [1.54, 1.807) is 18.2 Å². The smallest absolute Gasteiger partial charge is 0.348 e. The van der Waals surface area contributed by atoms with Gasteiger partial charge in [-0.15, -0.1) is 11.3 Å². The van der Waals surface area contributed by atoms with Crippen LogP contribution < -0.4 is 5.32 Å². The molecule has 8 heteroatoms. The van der Waals surface area contributed by atoms with Crippen LogP contribution in [0.5, 0.6) is 0 Å². The molecule has 4 aromatic rings. The highest BCUT2D eigenvalue weighted by atomic mass is 32.1. The molecule has 0 aliphatic rings. The van der Waals surface area contributed by atoms with Gasteiger partial charge in [-0.25, -0.2) is 19.6 Å². The summed E-state index contributed by atoms with van der Waals surface area (Å²) in [5.74, 6) is -0.185. The second-order valence-corrected chi connectivity index (χ2v) is 8.67. The van der Waals surface area contributed by atoms with E-state index in [1.165, 1.54) is 17.7 Å². The van der Waals surface area contributed by atoms with E-state index < -0.39 is 0 Å². The zero-order chi connectivity index (χ0) is 23.9. The number of hydrogen-bond donors (Lipinski definition) is 1. The van der Waals surface area contributed by atoms with Crippen molar-refractivity contribution in [2.45, 2.75) is 26.7 Å². The zero-order valence-corrected chi connectivity index (χ0v) is 19.9. The molecule has 0 atom stereocenters. The Hall–Kier alpha value is -3.78. The SMILES string of the molecule is CCCOC(=O)c1cccc(Nc2ncnc3sc(C(=O)OCCc4ccccc4)c(C)c23)c1. The molecule has 0 radical (unpaired) electrons. The van der Waals surface area contributed by atoms with Crippen molar-refractivity contribution in [3.63, 3.8) is 0 Å². The molecule has 4 rings (SSSR count). The Morgan fingerprint density at radius 2 is 1.76 bits per heavy atom. The number of carbonyl (C=O) groups excluding carboxylic acids is 2. The molecule has 7 nitrogen and oxygen atoms in total. The summed E-state index contributed by atoms with van der Waals surface area (Å²) < 4.78 is 10.7. The molecule has 174 valence electrons. The Balaban J connectivity index is 1.52. The average Bonchev–Trinajstić information content (AvgIpc) is 3.20. The van der Waals surface area contributed by atoms with Crippen molar-refractivity contribution in [1.29, 1.82) is 0 Å². The molecule has 34 heavy (non-hydrogen) atoms. The Morgan fingerprint density at radius 1 is 0.971 bits per heavy atom. The minimum absolute atomic E-state index is 0.300. The maximum absolute atomic E-state index is 12.8. The zero-order valence-electron chi connectivity index (χ0n) is 19.0. The lowest BCUT2D eigenvalue weighted by atomic mass is 10.1. The van der Waals surface area contributed by atoms with Gasteiger partial charge in [0.05, 0.1) is 24.2 Å².